The fourth-order valence-corrected chi connectivity index (χ4v) is 31.2. The maximum Gasteiger partial charge on any atom is 0.326 e. The number of nitrogens with zero attached hydrogens (tertiary/aromatic N) is 2. The number of rotatable bonds is 30. The molecular weight excluding hydrogens is 1520 g/mol. The number of imide groups is 2. The number of benzene rings is 20. The van der Waals surface area contributed by atoms with Crippen LogP contribution in [0.1, 0.15) is 84.0 Å². The zero-order valence-corrected chi connectivity index (χ0v) is 63.5. The summed E-state index contributed by atoms with van der Waals surface area (Å²) in [5.74, 6) is -4.67. The minimum absolute atomic E-state index is 0.0156. The smallest absolute Gasteiger partial charge is 0.326 e. The van der Waals surface area contributed by atoms with E-state index in [1.165, 1.54) is 337 Å². The maximum atomic E-state index is 17.5. The Morgan fingerprint density at radius 1 is 0.233 bits per heavy atom. The Labute approximate surface area is 665 Å². The molecule has 0 bridgehead atoms. The van der Waals surface area contributed by atoms with Gasteiger partial charge in [0.25, 0.3) is 23.6 Å². The van der Waals surface area contributed by atoms with Gasteiger partial charge in [0, 0.05) is 33.0 Å². The standard InChI is InChI=1S/C100H48N2O18/c1-3-117-30(103)25-31(104)119-23-21-115-19-17-113-15-13-111-11-9-101-92(105)26-5-7-28-33-29(8-6-27(32(26)33)93(101)106)95(108)102(94(28)107)10-12-112-14-16-114-18-20-116-22-24-120-97(110)100(96(109)118-4-2)98-88-80-72-62-52-44-36-34-35-38-42-40(36)48-56-50(42)60-54-46(38)47-39(35)43-41-37(34)45(44)53-59-49(41)57-51(43)61-55(47)65-64(54)74-68(60)78-70(56)76(66(72)58(48)52)84(88)86(78)90-82(74)83-75(65)69(61)79-71(57)77-67(59)73(63(53)62)81(80)89(98)85(77)87(79)91(83)99(90,98)100/h5-8H,3-4,9-25H2,1-2H3. The lowest BCUT2D eigenvalue weighted by atomic mass is 9.68. The zero-order valence-electron chi connectivity index (χ0n) is 63.5. The van der Waals surface area contributed by atoms with Crippen molar-refractivity contribution < 1.29 is 85.7 Å². The lowest BCUT2D eigenvalue weighted by Crippen LogP contribution is -2.45. The van der Waals surface area contributed by atoms with Crippen molar-refractivity contribution in [2.45, 2.75) is 31.1 Å². The Morgan fingerprint density at radius 3 is 0.658 bits per heavy atom. The number of hydrogen-bond donors (Lipinski definition) is 0. The molecule has 0 aromatic heterocycles. The maximum absolute atomic E-state index is 17.5. The van der Waals surface area contributed by atoms with E-state index < -0.39 is 70.2 Å². The minimum atomic E-state index is -1.87. The summed E-state index contributed by atoms with van der Waals surface area (Å²) in [5.41, 5.74) is 1.20. The molecule has 0 radical (unpaired) electrons. The van der Waals surface area contributed by atoms with E-state index in [9.17, 15) is 28.8 Å². The molecule has 0 N–H and O–H groups in total. The average molecular weight is 1570 g/mol. The van der Waals surface area contributed by atoms with Crippen molar-refractivity contribution in [2.75, 3.05) is 119 Å². The molecule has 37 rings (SSSR count). The van der Waals surface area contributed by atoms with Gasteiger partial charge >= 0.3 is 23.9 Å². The van der Waals surface area contributed by atoms with Crippen molar-refractivity contribution in [1.29, 1.82) is 0 Å². The first-order chi connectivity index (χ1) is 59.1. The first-order valence-electron chi connectivity index (χ1n) is 42.3. The molecule has 2 spiro atoms. The van der Waals surface area contributed by atoms with Crippen molar-refractivity contribution in [3.8, 4) is 0 Å². The third-order valence-corrected chi connectivity index (χ3v) is 33.3. The van der Waals surface area contributed by atoms with Crippen LogP contribution in [0.25, 0.3) is 302 Å². The third-order valence-electron chi connectivity index (χ3n) is 33.3. The Bertz CT molecular complexity index is 9060. The second kappa shape index (κ2) is 17.3. The van der Waals surface area contributed by atoms with Gasteiger partial charge in [0.05, 0.1) is 116 Å². The normalized spacial score (nSPS) is 20.0. The topological polar surface area (TPSA) is 235 Å². The average Bonchev–Trinajstić information content (AvgIpc) is 1.35. The van der Waals surface area contributed by atoms with Crippen molar-refractivity contribution in [2.24, 2.45) is 5.41 Å². The molecule has 120 heavy (non-hydrogen) atoms. The fourth-order valence-electron chi connectivity index (χ4n) is 31.2. The highest BCUT2D eigenvalue weighted by atomic mass is 16.6. The Balaban J connectivity index is 0.401. The van der Waals surface area contributed by atoms with Crippen LogP contribution >= 0.6 is 0 Å². The zero-order chi connectivity index (χ0) is 77.6. The molecule has 20 nitrogen and oxygen atoms in total. The summed E-state index contributed by atoms with van der Waals surface area (Å²) >= 11 is 0. The Kier molecular flexibility index (Phi) is 8.61. The second-order valence-corrected chi connectivity index (χ2v) is 36.3. The molecule has 30 aromatic carbocycles. The van der Waals surface area contributed by atoms with Crippen molar-refractivity contribution in [3.05, 3.63) is 68.8 Å². The van der Waals surface area contributed by atoms with Gasteiger partial charge in [-0.3, -0.25) is 48.2 Å². The third kappa shape index (κ3) is 4.74. The van der Waals surface area contributed by atoms with Gasteiger partial charge in [-0.15, -0.1) is 0 Å². The molecular formula is C100H48N2O18. The lowest BCUT2D eigenvalue weighted by molar-refractivity contribution is -0.167. The summed E-state index contributed by atoms with van der Waals surface area (Å²) in [6.07, 6.45) is -0.464. The van der Waals surface area contributed by atoms with Crippen LogP contribution in [0, 0.1) is 5.41 Å². The first-order valence-corrected chi connectivity index (χ1v) is 42.3. The molecule has 0 saturated heterocycles. The van der Waals surface area contributed by atoms with Crippen molar-refractivity contribution >= 4 is 349 Å². The van der Waals surface area contributed by atoms with Crippen LogP contribution in [0.2, 0.25) is 0 Å². The molecule has 5 aliphatic carbocycles. The lowest BCUT2D eigenvalue weighted by Gasteiger charge is -2.32. The molecule has 0 unspecified atom stereocenters. The monoisotopic (exact) mass is 1560 g/mol. The first kappa shape index (κ1) is 59.7. The van der Waals surface area contributed by atoms with Crippen molar-refractivity contribution in [1.82, 2.24) is 9.80 Å². The van der Waals surface area contributed by atoms with Crippen LogP contribution in [0.4, 0.5) is 0 Å². The number of hydrogen-bond acceptors (Lipinski definition) is 18. The summed E-state index contributed by atoms with van der Waals surface area (Å²) in [5, 5.41) is 77.0. The molecule has 4 amide bonds. The summed E-state index contributed by atoms with van der Waals surface area (Å²) in [7, 11) is 0. The van der Waals surface area contributed by atoms with Gasteiger partial charge in [0.2, 0.25) is 0 Å². The van der Waals surface area contributed by atoms with Gasteiger partial charge < -0.3 is 47.4 Å². The van der Waals surface area contributed by atoms with E-state index in [0.717, 1.165) is 9.80 Å². The number of carbonyl (C=O) groups is 8. The van der Waals surface area contributed by atoms with E-state index >= 15 is 9.59 Å². The Hall–Kier alpha value is -12.9. The number of amides is 4. The van der Waals surface area contributed by atoms with E-state index in [4.69, 9.17) is 47.4 Å². The van der Waals surface area contributed by atoms with Crippen LogP contribution in [0.3, 0.4) is 0 Å². The predicted molar refractivity (Wildman–Crippen MR) is 456 cm³/mol. The van der Waals surface area contributed by atoms with Gasteiger partial charge in [-0.1, -0.05) is 0 Å². The van der Waals surface area contributed by atoms with Crippen molar-refractivity contribution in [3.63, 3.8) is 0 Å². The van der Waals surface area contributed by atoms with Crippen LogP contribution in [0.5, 0.6) is 0 Å². The quantitative estimate of drug-likeness (QED) is 0.0102. The number of carbonyl (C=O) groups excluding carboxylic acids is 8. The molecule has 1 fully saturated rings. The summed E-state index contributed by atoms with van der Waals surface area (Å²) < 4.78 is 58.4. The van der Waals surface area contributed by atoms with E-state index in [2.05, 4.69) is 0 Å². The summed E-state index contributed by atoms with van der Waals surface area (Å²) in [6.45, 7) is 5.31. The predicted octanol–water partition coefficient (Wildman–Crippen LogP) is 17.0. The van der Waals surface area contributed by atoms with Crippen LogP contribution < -0.4 is 0 Å². The molecule has 2 heterocycles. The number of ether oxygens (including phenoxy) is 10. The second-order valence-electron chi connectivity index (χ2n) is 36.3. The molecule has 566 valence electrons. The van der Waals surface area contributed by atoms with Gasteiger partial charge in [-0.25, -0.2) is 0 Å². The van der Waals surface area contributed by atoms with Crippen LogP contribution in [-0.2, 0) is 77.4 Å². The molecule has 20 heteroatoms. The van der Waals surface area contributed by atoms with Gasteiger partial charge in [0.1, 0.15) is 19.6 Å². The van der Waals surface area contributed by atoms with E-state index in [0.29, 0.717) is 0 Å². The van der Waals surface area contributed by atoms with Crippen LogP contribution in [-0.4, -0.2) is 176 Å². The largest absolute Gasteiger partial charge is 0.466 e. The summed E-state index contributed by atoms with van der Waals surface area (Å²) in [6, 6.07) is 6.10. The van der Waals surface area contributed by atoms with E-state index in [1.54, 1.807) is 6.92 Å². The van der Waals surface area contributed by atoms with Gasteiger partial charge in [0.15, 0.2) is 5.41 Å². The van der Waals surface area contributed by atoms with E-state index in [-0.39, 0.29) is 152 Å². The van der Waals surface area contributed by atoms with Gasteiger partial charge in [-0.2, -0.15) is 0 Å². The number of esters is 4. The highest BCUT2D eigenvalue weighted by molar-refractivity contribution is 6.83. The van der Waals surface area contributed by atoms with E-state index in [1.807, 2.05) is 6.92 Å². The Morgan fingerprint density at radius 2 is 0.425 bits per heavy atom. The molecule has 1 saturated carbocycles. The highest BCUT2D eigenvalue weighted by Gasteiger charge is 3.01. The summed E-state index contributed by atoms with van der Waals surface area (Å²) in [4.78, 5) is 116. The van der Waals surface area contributed by atoms with Crippen LogP contribution in [0.15, 0.2) is 24.3 Å². The molecule has 30 aromatic rings. The SMILES string of the molecule is CCOC(=O)CC(=O)OCCOCCOCCOCCN1C(=O)c2ccc3c4c(ccc(c24)C1=O)C(=O)N(CCOCCOCCOCCOC(=O)C1(C(=O)OCC)C24c5c6c7c8c9c%10c(c%11c%12c2c2c5c5c%13c6c6c7c7c9c9c%14c%10c%10c%11c%11c%12c%12c2c2c5c5c%13c%13c6c6c7c9c7c9c%14c%10c%10c%11c%11c%12c2c2c5c5c%13c6c7c6c9c%10c%11c2c56)C814)C3=O. The molecule has 7 aliphatic rings. The molecule has 2 aliphatic heterocycles. The molecule has 0 atom stereocenters. The fraction of sp³-hybridized carbons (Fsp3) is 0.240. The minimum Gasteiger partial charge on any atom is -0.466 e. The van der Waals surface area contributed by atoms with Gasteiger partial charge in [-0.05, 0) is 351 Å². The highest BCUT2D eigenvalue weighted by Crippen LogP contribution is 2.97.